The predicted molar refractivity (Wildman–Crippen MR) is 106 cm³/mol. The van der Waals surface area contributed by atoms with Crippen LogP contribution in [0.5, 0.6) is 5.75 Å². The second-order valence-corrected chi connectivity index (χ2v) is 9.15. The van der Waals surface area contributed by atoms with Crippen molar-refractivity contribution >= 4 is 15.9 Å². The van der Waals surface area contributed by atoms with E-state index in [-0.39, 0.29) is 22.6 Å². The number of ether oxygens (including phenoxy) is 1. The summed E-state index contributed by atoms with van der Waals surface area (Å²) < 4.78 is 32.7. The number of hydrogen-bond donors (Lipinski definition) is 1. The molecule has 1 fully saturated rings. The van der Waals surface area contributed by atoms with E-state index >= 15 is 0 Å². The van der Waals surface area contributed by atoms with Crippen LogP contribution in [0.2, 0.25) is 0 Å². The molecule has 1 aliphatic heterocycles. The van der Waals surface area contributed by atoms with Crippen LogP contribution in [-0.2, 0) is 16.4 Å². The molecule has 1 atom stereocenters. The van der Waals surface area contributed by atoms with Gasteiger partial charge in [-0.2, -0.15) is 4.31 Å². The van der Waals surface area contributed by atoms with Gasteiger partial charge in [-0.25, -0.2) is 8.42 Å². The minimum atomic E-state index is -3.69. The van der Waals surface area contributed by atoms with E-state index in [0.29, 0.717) is 18.7 Å². The number of carbonyl (C=O) groups excluding carboxylic acids is 1. The van der Waals surface area contributed by atoms with E-state index in [1.807, 2.05) is 18.2 Å². The minimum Gasteiger partial charge on any atom is -0.495 e. The van der Waals surface area contributed by atoms with Crippen molar-refractivity contribution in [1.82, 2.24) is 9.62 Å². The molecule has 0 bridgehead atoms. The van der Waals surface area contributed by atoms with Gasteiger partial charge in [-0.3, -0.25) is 4.79 Å². The summed E-state index contributed by atoms with van der Waals surface area (Å²) in [6.45, 7) is 1.00. The maximum absolute atomic E-state index is 13.0. The fourth-order valence-electron chi connectivity index (χ4n) is 4.04. The van der Waals surface area contributed by atoms with Gasteiger partial charge in [0.2, 0.25) is 10.0 Å². The highest BCUT2D eigenvalue weighted by Crippen LogP contribution is 2.32. The number of nitrogens with zero attached hydrogens (tertiary/aromatic N) is 1. The SMILES string of the molecule is COc1ccc(C(=O)N[C@H]2CCc3ccccc32)cc1S(=O)(=O)N1CCCC1. The molecule has 0 aromatic heterocycles. The zero-order valence-corrected chi connectivity index (χ0v) is 16.7. The van der Waals surface area contributed by atoms with Crippen molar-refractivity contribution in [2.24, 2.45) is 0 Å². The lowest BCUT2D eigenvalue weighted by atomic mass is 10.1. The molecule has 148 valence electrons. The van der Waals surface area contributed by atoms with Crippen molar-refractivity contribution in [2.75, 3.05) is 20.2 Å². The molecular weight excluding hydrogens is 376 g/mol. The first-order valence-electron chi connectivity index (χ1n) is 9.57. The molecular formula is C21H24N2O4S. The van der Waals surface area contributed by atoms with Gasteiger partial charge >= 0.3 is 0 Å². The molecule has 0 unspecified atom stereocenters. The van der Waals surface area contributed by atoms with Crippen molar-refractivity contribution in [3.8, 4) is 5.75 Å². The number of benzene rings is 2. The lowest BCUT2D eigenvalue weighted by Crippen LogP contribution is -2.30. The minimum absolute atomic E-state index is 0.0514. The predicted octanol–water partition coefficient (Wildman–Crippen LogP) is 2.90. The Hall–Kier alpha value is -2.38. The van der Waals surface area contributed by atoms with Crippen LogP contribution in [0.25, 0.3) is 0 Å². The van der Waals surface area contributed by atoms with E-state index in [9.17, 15) is 13.2 Å². The Morgan fingerprint density at radius 1 is 1.14 bits per heavy atom. The Labute approximate surface area is 165 Å². The maximum Gasteiger partial charge on any atom is 0.251 e. The molecule has 0 saturated carbocycles. The number of fused-ring (bicyclic) bond motifs is 1. The molecule has 2 aromatic carbocycles. The Morgan fingerprint density at radius 3 is 2.64 bits per heavy atom. The highest BCUT2D eigenvalue weighted by atomic mass is 32.2. The van der Waals surface area contributed by atoms with Crippen LogP contribution in [0.4, 0.5) is 0 Å². The summed E-state index contributed by atoms with van der Waals surface area (Å²) >= 11 is 0. The molecule has 2 aliphatic rings. The van der Waals surface area contributed by atoms with Gasteiger partial charge in [-0.1, -0.05) is 24.3 Å². The van der Waals surface area contributed by atoms with Gasteiger partial charge in [0.05, 0.1) is 13.2 Å². The topological polar surface area (TPSA) is 75.7 Å². The van der Waals surface area contributed by atoms with Crippen LogP contribution in [0, 0.1) is 0 Å². The first kappa shape index (κ1) is 19.0. The molecule has 2 aromatic rings. The van der Waals surface area contributed by atoms with Gasteiger partial charge in [0.15, 0.2) is 0 Å². The molecule has 0 spiro atoms. The summed E-state index contributed by atoms with van der Waals surface area (Å²) in [6, 6.07) is 12.6. The summed E-state index contributed by atoms with van der Waals surface area (Å²) in [4.78, 5) is 12.9. The Morgan fingerprint density at radius 2 is 1.89 bits per heavy atom. The van der Waals surface area contributed by atoms with E-state index < -0.39 is 10.0 Å². The van der Waals surface area contributed by atoms with Crippen LogP contribution in [0.3, 0.4) is 0 Å². The molecule has 4 rings (SSSR count). The van der Waals surface area contributed by atoms with Crippen molar-refractivity contribution in [3.63, 3.8) is 0 Å². The lowest BCUT2D eigenvalue weighted by molar-refractivity contribution is 0.0936. The molecule has 0 radical (unpaired) electrons. The monoisotopic (exact) mass is 400 g/mol. The lowest BCUT2D eigenvalue weighted by Gasteiger charge is -2.19. The summed E-state index contributed by atoms with van der Waals surface area (Å²) in [6.07, 6.45) is 3.48. The smallest absolute Gasteiger partial charge is 0.251 e. The maximum atomic E-state index is 13.0. The second-order valence-electron chi connectivity index (χ2n) is 7.24. The Kier molecular flexibility index (Phi) is 5.12. The van der Waals surface area contributed by atoms with E-state index in [2.05, 4.69) is 11.4 Å². The standard InChI is InChI=1S/C21H24N2O4S/c1-27-19-11-9-16(14-20(19)28(25,26)23-12-4-5-13-23)21(24)22-18-10-8-15-6-2-3-7-17(15)18/h2-3,6-7,9,11,14,18H,4-5,8,10,12-13H2,1H3,(H,22,24)/t18-/m0/s1. The number of amides is 1. The number of methoxy groups -OCH3 is 1. The van der Waals surface area contributed by atoms with Crippen LogP contribution in [0.1, 0.15) is 46.8 Å². The largest absolute Gasteiger partial charge is 0.495 e. The van der Waals surface area contributed by atoms with Crippen LogP contribution in [0.15, 0.2) is 47.4 Å². The average Bonchev–Trinajstić information content (AvgIpc) is 3.38. The molecule has 1 aliphatic carbocycles. The number of nitrogens with one attached hydrogen (secondary N) is 1. The van der Waals surface area contributed by atoms with Gasteiger partial charge in [0, 0.05) is 18.7 Å². The van der Waals surface area contributed by atoms with Crippen LogP contribution >= 0.6 is 0 Å². The van der Waals surface area contributed by atoms with Gasteiger partial charge in [-0.15, -0.1) is 0 Å². The highest BCUT2D eigenvalue weighted by Gasteiger charge is 2.31. The fourth-order valence-corrected chi connectivity index (χ4v) is 5.73. The third-order valence-corrected chi connectivity index (χ3v) is 7.47. The normalized spacial score (nSPS) is 19.4. The zero-order chi connectivity index (χ0) is 19.7. The van der Waals surface area contributed by atoms with Crippen LogP contribution < -0.4 is 10.1 Å². The second kappa shape index (κ2) is 7.56. The Balaban J connectivity index is 1.61. The van der Waals surface area contributed by atoms with Crippen LogP contribution in [-0.4, -0.2) is 38.8 Å². The molecule has 1 saturated heterocycles. The summed E-state index contributed by atoms with van der Waals surface area (Å²) in [7, 11) is -2.25. The van der Waals surface area contributed by atoms with Gasteiger partial charge < -0.3 is 10.1 Å². The number of hydrogen-bond acceptors (Lipinski definition) is 4. The number of carbonyl (C=O) groups is 1. The third kappa shape index (κ3) is 3.40. The summed E-state index contributed by atoms with van der Waals surface area (Å²) in [5.74, 6) is -0.0168. The van der Waals surface area contributed by atoms with Crippen molar-refractivity contribution < 1.29 is 17.9 Å². The van der Waals surface area contributed by atoms with Gasteiger partial charge in [0.1, 0.15) is 10.6 Å². The van der Waals surface area contributed by atoms with E-state index in [1.54, 1.807) is 12.1 Å². The fraction of sp³-hybridized carbons (Fsp3) is 0.381. The molecule has 7 heteroatoms. The number of rotatable bonds is 5. The van der Waals surface area contributed by atoms with Crippen molar-refractivity contribution in [3.05, 3.63) is 59.2 Å². The van der Waals surface area contributed by atoms with E-state index in [4.69, 9.17) is 4.74 Å². The average molecular weight is 401 g/mol. The number of aryl methyl sites for hydroxylation is 1. The highest BCUT2D eigenvalue weighted by molar-refractivity contribution is 7.89. The van der Waals surface area contributed by atoms with E-state index in [0.717, 1.165) is 31.2 Å². The molecule has 28 heavy (non-hydrogen) atoms. The summed E-state index contributed by atoms with van der Waals surface area (Å²) in [5.41, 5.74) is 2.71. The van der Waals surface area contributed by atoms with Gasteiger partial charge in [0.25, 0.3) is 5.91 Å². The first-order chi connectivity index (χ1) is 13.5. The van der Waals surface area contributed by atoms with Crippen molar-refractivity contribution in [1.29, 1.82) is 0 Å². The molecule has 1 N–H and O–H groups in total. The quantitative estimate of drug-likeness (QED) is 0.837. The van der Waals surface area contributed by atoms with Crippen molar-refractivity contribution in [2.45, 2.75) is 36.6 Å². The Bertz CT molecular complexity index is 997. The molecule has 6 nitrogen and oxygen atoms in total. The van der Waals surface area contributed by atoms with E-state index in [1.165, 1.54) is 23.0 Å². The summed E-state index contributed by atoms with van der Waals surface area (Å²) in [5, 5.41) is 3.05. The third-order valence-electron chi connectivity index (χ3n) is 5.55. The number of sulfonamides is 1. The molecule has 1 heterocycles. The first-order valence-corrected chi connectivity index (χ1v) is 11.0. The van der Waals surface area contributed by atoms with Gasteiger partial charge in [-0.05, 0) is 55.0 Å². The molecule has 1 amide bonds. The zero-order valence-electron chi connectivity index (χ0n) is 15.8.